The Bertz CT molecular complexity index is 520. The van der Waals surface area contributed by atoms with Gasteiger partial charge >= 0.3 is 0 Å². The Kier molecular flexibility index (Phi) is 7.42. The molecule has 1 heterocycles. The average molecular weight is 337 g/mol. The number of nitrogens with one attached hydrogen (secondary N) is 1. The molecular weight excluding hydrogens is 310 g/mol. The lowest BCUT2D eigenvalue weighted by Crippen LogP contribution is -2.39. The number of carbonyl (C=O) groups excluding carboxylic acids is 2. The van der Waals surface area contributed by atoms with Gasteiger partial charge in [0.2, 0.25) is 11.8 Å². The van der Waals surface area contributed by atoms with Crippen molar-refractivity contribution >= 4 is 28.3 Å². The minimum Gasteiger partial charge on any atom is -0.330 e. The van der Waals surface area contributed by atoms with Crippen molar-refractivity contribution in [3.63, 3.8) is 0 Å². The fraction of sp³-hybridized carbons (Fsp3) is 0.588. The van der Waals surface area contributed by atoms with Crippen molar-refractivity contribution in [1.82, 2.24) is 9.88 Å². The zero-order valence-electron chi connectivity index (χ0n) is 14.5. The molecule has 0 unspecified atom stereocenters. The fourth-order valence-corrected chi connectivity index (χ4v) is 3.12. The first-order valence-electron chi connectivity index (χ1n) is 7.79. The van der Waals surface area contributed by atoms with Gasteiger partial charge in [0.05, 0.1) is 0 Å². The van der Waals surface area contributed by atoms with E-state index in [1.165, 1.54) is 16.2 Å². The van der Waals surface area contributed by atoms with Gasteiger partial charge in [0.15, 0.2) is 5.13 Å². The summed E-state index contributed by atoms with van der Waals surface area (Å²) in [7, 11) is 0. The Labute approximate surface area is 142 Å². The van der Waals surface area contributed by atoms with Crippen molar-refractivity contribution in [2.45, 2.75) is 40.5 Å². The molecule has 0 saturated carbocycles. The van der Waals surface area contributed by atoms with Gasteiger partial charge in [-0.05, 0) is 17.8 Å². The monoisotopic (exact) mass is 337 g/mol. The zero-order chi connectivity index (χ0) is 17.5. The quantitative estimate of drug-likeness (QED) is 0.738. The fourth-order valence-electron chi connectivity index (χ4n) is 2.57. The average Bonchev–Trinajstić information content (AvgIpc) is 2.88. The first-order valence-corrected chi connectivity index (χ1v) is 8.67. The lowest BCUT2D eigenvalue weighted by Gasteiger charge is -2.26. The second-order valence-corrected chi connectivity index (χ2v) is 7.92. The molecule has 1 aromatic rings. The second kappa shape index (κ2) is 8.82. The van der Waals surface area contributed by atoms with Gasteiger partial charge in [-0.1, -0.05) is 33.8 Å². The summed E-state index contributed by atoms with van der Waals surface area (Å²) in [5, 5.41) is 5.03. The summed E-state index contributed by atoms with van der Waals surface area (Å²) in [6.45, 7) is 12.6. The van der Waals surface area contributed by atoms with E-state index in [4.69, 9.17) is 0 Å². The molecule has 1 aromatic heterocycles. The Morgan fingerprint density at radius 2 is 2.17 bits per heavy atom. The third-order valence-corrected chi connectivity index (χ3v) is 3.89. The Balaban J connectivity index is 2.56. The van der Waals surface area contributed by atoms with Gasteiger partial charge in [-0.3, -0.25) is 9.59 Å². The maximum Gasteiger partial charge on any atom is 0.245 e. The molecule has 1 N–H and O–H groups in total. The van der Waals surface area contributed by atoms with Crippen LogP contribution in [0.2, 0.25) is 0 Å². The van der Waals surface area contributed by atoms with Crippen molar-refractivity contribution in [2.75, 3.05) is 18.4 Å². The maximum absolute atomic E-state index is 12.5. The number of hydrogen-bond donors (Lipinski definition) is 1. The lowest BCUT2D eigenvalue weighted by molar-refractivity contribution is -0.135. The summed E-state index contributed by atoms with van der Waals surface area (Å²) in [5.74, 6) is 0.0198. The van der Waals surface area contributed by atoms with Crippen LogP contribution in [0.25, 0.3) is 0 Å². The van der Waals surface area contributed by atoms with Crippen LogP contribution in [0.5, 0.6) is 0 Å². The van der Waals surface area contributed by atoms with E-state index in [-0.39, 0.29) is 29.7 Å². The maximum atomic E-state index is 12.5. The van der Waals surface area contributed by atoms with E-state index in [2.05, 4.69) is 44.6 Å². The van der Waals surface area contributed by atoms with Crippen LogP contribution in [-0.2, 0) is 9.59 Å². The number of thiazole rings is 1. The van der Waals surface area contributed by atoms with Crippen LogP contribution in [0.3, 0.4) is 0 Å². The minimum atomic E-state index is -0.237. The van der Waals surface area contributed by atoms with Crippen molar-refractivity contribution in [3.05, 3.63) is 24.2 Å². The molecule has 128 valence electrons. The van der Waals surface area contributed by atoms with Crippen LogP contribution < -0.4 is 5.32 Å². The molecule has 5 nitrogen and oxygen atoms in total. The minimum absolute atomic E-state index is 0.0176. The Hall–Kier alpha value is -1.69. The van der Waals surface area contributed by atoms with Crippen LogP contribution in [-0.4, -0.2) is 34.8 Å². The number of nitrogens with zero attached hydrogens (tertiary/aromatic N) is 2. The predicted octanol–water partition coefficient (Wildman–Crippen LogP) is 3.56. The molecule has 0 aliphatic rings. The van der Waals surface area contributed by atoms with Gasteiger partial charge in [-0.25, -0.2) is 4.98 Å². The van der Waals surface area contributed by atoms with Gasteiger partial charge in [0.1, 0.15) is 6.54 Å². The number of rotatable bonds is 8. The van der Waals surface area contributed by atoms with E-state index >= 15 is 0 Å². The summed E-state index contributed by atoms with van der Waals surface area (Å²) >= 11 is 1.35. The number of amides is 2. The van der Waals surface area contributed by atoms with Gasteiger partial charge in [-0.2, -0.15) is 0 Å². The summed E-state index contributed by atoms with van der Waals surface area (Å²) in [4.78, 5) is 30.0. The molecule has 6 heteroatoms. The SMILES string of the molecule is C=CCN(CC(=O)Nc1nccs1)C(=O)C[C@@H](C)CC(C)(C)C. The zero-order valence-corrected chi connectivity index (χ0v) is 15.3. The first kappa shape index (κ1) is 19.4. The lowest BCUT2D eigenvalue weighted by atomic mass is 9.84. The molecule has 0 aliphatic carbocycles. The molecule has 1 rings (SSSR count). The van der Waals surface area contributed by atoms with Crippen molar-refractivity contribution in [2.24, 2.45) is 11.3 Å². The molecule has 0 aromatic carbocycles. The van der Waals surface area contributed by atoms with Gasteiger partial charge in [-0.15, -0.1) is 17.9 Å². The standard InChI is InChI=1S/C17H27N3O2S/c1-6-8-20(12-14(21)19-16-18-7-9-23-16)15(22)10-13(2)11-17(3,4)5/h6-7,9,13H,1,8,10-12H2,2-5H3,(H,18,19,21)/t13-/m1/s1. The smallest absolute Gasteiger partial charge is 0.245 e. The van der Waals surface area contributed by atoms with E-state index in [1.54, 1.807) is 17.7 Å². The molecule has 0 radical (unpaired) electrons. The number of aromatic nitrogens is 1. The van der Waals surface area contributed by atoms with Crippen molar-refractivity contribution in [1.29, 1.82) is 0 Å². The summed E-state index contributed by atoms with van der Waals surface area (Å²) in [5.41, 5.74) is 0.186. The predicted molar refractivity (Wildman–Crippen MR) is 95.4 cm³/mol. The number of anilines is 1. The van der Waals surface area contributed by atoms with Gasteiger partial charge in [0, 0.05) is 24.5 Å². The molecule has 0 bridgehead atoms. The molecule has 1 atom stereocenters. The Morgan fingerprint density at radius 1 is 1.48 bits per heavy atom. The van der Waals surface area contributed by atoms with E-state index in [1.807, 2.05) is 0 Å². The van der Waals surface area contributed by atoms with E-state index in [9.17, 15) is 9.59 Å². The van der Waals surface area contributed by atoms with E-state index in [0.29, 0.717) is 18.1 Å². The van der Waals surface area contributed by atoms with Crippen LogP contribution >= 0.6 is 11.3 Å². The molecule has 0 saturated heterocycles. The Morgan fingerprint density at radius 3 is 2.70 bits per heavy atom. The second-order valence-electron chi connectivity index (χ2n) is 7.02. The summed E-state index contributed by atoms with van der Waals surface area (Å²) < 4.78 is 0. The number of hydrogen-bond acceptors (Lipinski definition) is 4. The molecular formula is C17H27N3O2S. The van der Waals surface area contributed by atoms with E-state index < -0.39 is 0 Å². The highest BCUT2D eigenvalue weighted by molar-refractivity contribution is 7.13. The topological polar surface area (TPSA) is 62.3 Å². The summed E-state index contributed by atoms with van der Waals surface area (Å²) in [6, 6.07) is 0. The molecule has 2 amide bonds. The van der Waals surface area contributed by atoms with Crippen molar-refractivity contribution in [3.8, 4) is 0 Å². The van der Waals surface area contributed by atoms with Crippen molar-refractivity contribution < 1.29 is 9.59 Å². The van der Waals surface area contributed by atoms with Crippen LogP contribution in [0.4, 0.5) is 5.13 Å². The van der Waals surface area contributed by atoms with Gasteiger partial charge < -0.3 is 10.2 Å². The van der Waals surface area contributed by atoms with Gasteiger partial charge in [0.25, 0.3) is 0 Å². The van der Waals surface area contributed by atoms with Crippen LogP contribution in [0, 0.1) is 11.3 Å². The first-order chi connectivity index (χ1) is 10.7. The van der Waals surface area contributed by atoms with Crippen LogP contribution in [0.1, 0.15) is 40.5 Å². The van der Waals surface area contributed by atoms with E-state index in [0.717, 1.165) is 6.42 Å². The number of carbonyl (C=O) groups is 2. The highest BCUT2D eigenvalue weighted by Gasteiger charge is 2.22. The molecule has 23 heavy (non-hydrogen) atoms. The molecule has 0 aliphatic heterocycles. The molecule has 0 spiro atoms. The largest absolute Gasteiger partial charge is 0.330 e. The highest BCUT2D eigenvalue weighted by atomic mass is 32.1. The third-order valence-electron chi connectivity index (χ3n) is 3.20. The third kappa shape index (κ3) is 7.93. The van der Waals surface area contributed by atoms with Crippen LogP contribution in [0.15, 0.2) is 24.2 Å². The summed E-state index contributed by atoms with van der Waals surface area (Å²) in [6.07, 6.45) is 4.67. The normalized spacial score (nSPS) is 12.5. The molecule has 0 fully saturated rings. The highest BCUT2D eigenvalue weighted by Crippen LogP contribution is 2.26.